The Morgan fingerprint density at radius 2 is 1.69 bits per heavy atom. The van der Waals surface area contributed by atoms with Crippen LogP contribution in [0.25, 0.3) is 33.7 Å². The van der Waals surface area contributed by atoms with Gasteiger partial charge in [-0.2, -0.15) is 0 Å². The molecular weight excluding hydrogens is 1080 g/mol. The molecule has 3 aromatic heterocycles. The third-order valence-electron chi connectivity index (χ3n) is 14.3. The van der Waals surface area contributed by atoms with Crippen LogP contribution in [0.3, 0.4) is 0 Å². The molecule has 6 heterocycles. The number of cyclic esters (lactones) is 1. The molecule has 0 unspecified atom stereocenters. The lowest BCUT2D eigenvalue weighted by atomic mass is 9.81. The van der Waals surface area contributed by atoms with E-state index in [0.29, 0.717) is 45.3 Å². The second-order valence-corrected chi connectivity index (χ2v) is 21.0. The van der Waals surface area contributed by atoms with Crippen LogP contribution in [0.15, 0.2) is 59.4 Å². The van der Waals surface area contributed by atoms with Crippen LogP contribution in [0.2, 0.25) is 0 Å². The molecule has 0 saturated carbocycles. The number of rotatable bonds is 15. The molecule has 10 N–H and O–H groups in total. The van der Waals surface area contributed by atoms with Gasteiger partial charge in [-0.3, -0.25) is 18.9 Å². The number of aliphatic hydroxyl groups is 4. The van der Waals surface area contributed by atoms with Crippen LogP contribution in [0.5, 0.6) is 5.75 Å². The number of carbonyl (C=O) groups excluding carboxylic acids is 4. The first kappa shape index (κ1) is 55.1. The lowest BCUT2D eigenvalue weighted by molar-refractivity contribution is -0.271. The predicted molar refractivity (Wildman–Crippen MR) is 269 cm³/mol. The number of aryl methyl sites for hydroxylation is 1. The van der Waals surface area contributed by atoms with E-state index < -0.39 is 104 Å². The Morgan fingerprint density at radius 3 is 2.39 bits per heavy atom. The summed E-state index contributed by atoms with van der Waals surface area (Å²) < 4.78 is 50.2. The van der Waals surface area contributed by atoms with Crippen LogP contribution >= 0.6 is 7.60 Å². The van der Waals surface area contributed by atoms with Crippen molar-refractivity contribution < 1.29 is 87.2 Å². The largest absolute Gasteiger partial charge is 0.479 e. The summed E-state index contributed by atoms with van der Waals surface area (Å²) in [7, 11) is -4.45. The smallest absolute Gasteiger partial charge is 0.407 e. The Kier molecular flexibility index (Phi) is 14.8. The average Bonchev–Trinajstić information content (AvgIpc) is 3.85. The molecule has 1 fully saturated rings. The number of ether oxygens (including phenoxy) is 4. The molecule has 0 bridgehead atoms. The summed E-state index contributed by atoms with van der Waals surface area (Å²) in [6.07, 6.45) is -11.5. The fourth-order valence-corrected chi connectivity index (χ4v) is 10.7. The normalized spacial score (nSPS) is 21.8. The number of nitrogens with one attached hydrogen (secondary N) is 3. The third kappa shape index (κ3) is 10.4. The number of aromatic nitrogens is 6. The molecule has 10 rings (SSSR count). The number of carbonyl (C=O) groups is 5. The predicted octanol–water partition coefficient (Wildman–Crippen LogP) is 1.40. The summed E-state index contributed by atoms with van der Waals surface area (Å²) >= 11 is 0. The van der Waals surface area contributed by atoms with Gasteiger partial charge >= 0.3 is 25.6 Å². The molecule has 1 aliphatic carbocycles. The number of carboxylic acid groups (broad SMARTS) is 1. The van der Waals surface area contributed by atoms with Gasteiger partial charge in [-0.1, -0.05) is 25.1 Å². The molecule has 3 aliphatic heterocycles. The van der Waals surface area contributed by atoms with Crippen molar-refractivity contribution in [1.82, 2.24) is 40.6 Å². The van der Waals surface area contributed by atoms with Crippen LogP contribution < -0.4 is 26.2 Å². The fourth-order valence-electron chi connectivity index (χ4n) is 10.2. The second kappa shape index (κ2) is 21.4. The maximum Gasteiger partial charge on any atom is 0.407 e. The van der Waals surface area contributed by atoms with Crippen LogP contribution in [-0.2, 0) is 71.1 Å². The standard InChI is InChI=1S/C51H49FN9O18P/c1-3-51(72)28-15-33-39-26(17-61(33)46(67)27(28)19-76-49(51)70)38-30(10-9-25-21(2)29(52)16-32(55-39)37(25)38)56-50(71)77-18-22-4-11-34(78-48-42(65)40(63)41(64)43(79-48)47(68)69)31(14-22)54-36(62)12-13-53-45(66)24-7-5-23(6-8-24)44-59-57-35(58-60-44)20-80(73,74)75/h4-8,11,14-16,30,40-43,48,63-65,72H,3,9-10,12-13,17-20H2,1-2H3,(H,53,66)(H,54,62)(H,56,71)(H,68,69)(H2,73,74,75)/t30-,40-,41-,42+,43-,48+,51-/m0/s1. The Balaban J connectivity index is 0.856. The minimum atomic E-state index is -4.45. The first-order chi connectivity index (χ1) is 38.0. The molecule has 80 heavy (non-hydrogen) atoms. The SMILES string of the molecule is CC[C@@]1(O)C(=O)OCc2c1cc1n(c2=O)Cc2c-1nc1cc(F)c(C)c3c1c2[C@@H](NC(=O)OCc1ccc(O[C@@H]2O[C@H](C(=O)O)[C@@H](O)[C@H](O)[C@H]2O)c(NC(=O)CCNC(=O)c2ccc(-c4nnc(CP(=O)(O)O)nn4)cc2)c1)CC3. The fraction of sp³-hybridized carbons (Fsp3) is 0.353. The molecular formula is C51H49FN9O18P. The number of carboxylic acids is 1. The van der Waals surface area contributed by atoms with E-state index in [-0.39, 0.29) is 95.5 Å². The van der Waals surface area contributed by atoms with Crippen molar-refractivity contribution in [3.63, 3.8) is 0 Å². The number of pyridine rings is 2. The number of amides is 3. The van der Waals surface area contributed by atoms with Gasteiger partial charge in [0.05, 0.1) is 40.7 Å². The summed E-state index contributed by atoms with van der Waals surface area (Å²) in [5.74, 6) is -4.87. The number of benzene rings is 3. The monoisotopic (exact) mass is 1130 g/mol. The Hall–Kier alpha value is -8.21. The summed E-state index contributed by atoms with van der Waals surface area (Å²) in [5.41, 5.74) is 1.21. The lowest BCUT2D eigenvalue weighted by Crippen LogP contribution is -2.61. The molecule has 3 amide bonds. The molecule has 7 atom stereocenters. The maximum absolute atomic E-state index is 15.5. The quantitative estimate of drug-likeness (QED) is 0.0512. The number of aliphatic hydroxyl groups excluding tert-OH is 3. The Bertz CT molecular complexity index is 3660. The van der Waals surface area contributed by atoms with Gasteiger partial charge in [0.25, 0.3) is 11.5 Å². The van der Waals surface area contributed by atoms with E-state index in [0.717, 1.165) is 0 Å². The summed E-state index contributed by atoms with van der Waals surface area (Å²) in [6, 6.07) is 11.8. The number of anilines is 1. The summed E-state index contributed by atoms with van der Waals surface area (Å²) in [4.78, 5) is 102. The number of fused-ring (bicyclic) bond motifs is 5. The van der Waals surface area contributed by atoms with E-state index in [1.165, 1.54) is 59.2 Å². The van der Waals surface area contributed by atoms with Crippen molar-refractivity contribution in [2.75, 3.05) is 11.9 Å². The number of aliphatic carboxylic acids is 1. The Labute approximate surface area is 449 Å². The van der Waals surface area contributed by atoms with Crippen molar-refractivity contribution in [2.24, 2.45) is 0 Å². The second-order valence-electron chi connectivity index (χ2n) is 19.4. The number of hydrogen-bond donors (Lipinski definition) is 10. The molecule has 27 nitrogen and oxygen atoms in total. The topological polar surface area (TPSA) is 403 Å². The number of alkyl carbamates (subject to hydrolysis) is 1. The van der Waals surface area contributed by atoms with Crippen molar-refractivity contribution in [2.45, 2.75) is 108 Å². The first-order valence-electron chi connectivity index (χ1n) is 24.8. The molecule has 1 saturated heterocycles. The van der Waals surface area contributed by atoms with Crippen LogP contribution in [-0.4, -0.2) is 132 Å². The van der Waals surface area contributed by atoms with Crippen molar-refractivity contribution in [1.29, 1.82) is 0 Å². The highest BCUT2D eigenvalue weighted by Crippen LogP contribution is 2.46. The van der Waals surface area contributed by atoms with Crippen LogP contribution in [0, 0.1) is 12.7 Å². The number of halogens is 1. The molecule has 0 spiro atoms. The minimum Gasteiger partial charge on any atom is -0.479 e. The van der Waals surface area contributed by atoms with Gasteiger partial charge in [-0.05, 0) is 78.8 Å². The van der Waals surface area contributed by atoms with E-state index in [1.54, 1.807) is 13.8 Å². The third-order valence-corrected chi connectivity index (χ3v) is 15.0. The highest BCUT2D eigenvalue weighted by Gasteiger charge is 2.49. The van der Waals surface area contributed by atoms with E-state index in [9.17, 15) is 58.9 Å². The molecule has 3 aromatic carbocycles. The van der Waals surface area contributed by atoms with E-state index in [1.807, 2.05) is 0 Å². The van der Waals surface area contributed by atoms with Crippen LogP contribution in [0.4, 0.5) is 14.9 Å². The van der Waals surface area contributed by atoms with Gasteiger partial charge in [0.2, 0.25) is 18.0 Å². The van der Waals surface area contributed by atoms with Gasteiger partial charge in [0.15, 0.2) is 17.5 Å². The van der Waals surface area contributed by atoms with E-state index in [4.69, 9.17) is 33.7 Å². The number of hydrogen-bond acceptors (Lipinski definition) is 20. The van der Waals surface area contributed by atoms with Gasteiger partial charge in [0.1, 0.15) is 49.3 Å². The lowest BCUT2D eigenvalue weighted by Gasteiger charge is -2.38. The molecule has 6 aromatic rings. The minimum absolute atomic E-state index is 0.0160. The molecule has 29 heteroatoms. The number of esters is 1. The van der Waals surface area contributed by atoms with Gasteiger partial charge in [-0.25, -0.2) is 23.8 Å². The number of nitrogens with zero attached hydrogens (tertiary/aromatic N) is 6. The van der Waals surface area contributed by atoms with E-state index in [2.05, 4.69) is 36.3 Å². The van der Waals surface area contributed by atoms with Gasteiger partial charge in [0, 0.05) is 46.7 Å². The molecule has 418 valence electrons. The highest BCUT2D eigenvalue weighted by atomic mass is 31.2. The molecule has 0 radical (unpaired) electrons. The zero-order valence-electron chi connectivity index (χ0n) is 42.2. The van der Waals surface area contributed by atoms with Gasteiger partial charge < -0.3 is 74.8 Å². The highest BCUT2D eigenvalue weighted by molar-refractivity contribution is 7.50. The zero-order valence-corrected chi connectivity index (χ0v) is 43.0. The van der Waals surface area contributed by atoms with Gasteiger partial charge in [-0.15, -0.1) is 20.4 Å². The average molecular weight is 1130 g/mol. The van der Waals surface area contributed by atoms with Crippen molar-refractivity contribution >= 4 is 54.0 Å². The molecule has 4 aliphatic rings. The zero-order chi connectivity index (χ0) is 57.1. The first-order valence-corrected chi connectivity index (χ1v) is 26.6. The maximum atomic E-state index is 15.5. The van der Waals surface area contributed by atoms with Crippen molar-refractivity contribution in [3.8, 4) is 28.5 Å². The van der Waals surface area contributed by atoms with Crippen molar-refractivity contribution in [3.05, 3.63) is 121 Å². The summed E-state index contributed by atoms with van der Waals surface area (Å²) in [5, 5.41) is 76.2. The summed E-state index contributed by atoms with van der Waals surface area (Å²) in [6.45, 7) is 2.19. The Morgan fingerprint density at radius 1 is 0.950 bits per heavy atom. The van der Waals surface area contributed by atoms with E-state index >= 15 is 4.39 Å². The van der Waals surface area contributed by atoms with Crippen LogP contribution in [0.1, 0.15) is 87.4 Å².